The molecule has 0 bridgehead atoms. The Morgan fingerprint density at radius 1 is 0.912 bits per heavy atom. The number of hydrogen-bond donors (Lipinski definition) is 2. The van der Waals surface area contributed by atoms with Crippen molar-refractivity contribution in [3.63, 3.8) is 0 Å². The lowest BCUT2D eigenvalue weighted by molar-refractivity contribution is 0.355. The molecule has 1 saturated heterocycles. The molecule has 0 radical (unpaired) electrons. The van der Waals surface area contributed by atoms with Crippen molar-refractivity contribution in [2.75, 3.05) is 45.3 Å². The Labute approximate surface area is 196 Å². The SMILES string of the molecule is COc1ccc(-c2ccc3c(c2)[nH]c2c(-n4cccn4)nc(N4CCNCC4)nc23)cc1OC. The Morgan fingerprint density at radius 2 is 1.71 bits per heavy atom. The molecule has 0 atom stereocenters. The van der Waals surface area contributed by atoms with Gasteiger partial charge in [-0.25, -0.2) is 9.67 Å². The largest absolute Gasteiger partial charge is 0.493 e. The van der Waals surface area contributed by atoms with Gasteiger partial charge < -0.3 is 24.7 Å². The summed E-state index contributed by atoms with van der Waals surface area (Å²) in [6, 6.07) is 14.2. The standard InChI is InChI=1S/C25H25N7O2/c1-33-20-7-5-17(15-21(20)34-2)16-4-6-18-19(14-16)28-23-22(18)29-25(31-12-9-26-10-13-31)30-24(23)32-11-3-8-27-32/h3-8,11,14-15,26,28H,9-10,12-13H2,1-2H3. The molecule has 1 aliphatic rings. The lowest BCUT2D eigenvalue weighted by Gasteiger charge is -2.27. The number of hydrogen-bond acceptors (Lipinski definition) is 7. The Kier molecular flexibility index (Phi) is 5.03. The molecule has 34 heavy (non-hydrogen) atoms. The summed E-state index contributed by atoms with van der Waals surface area (Å²) >= 11 is 0. The second kappa shape index (κ2) is 8.35. The minimum absolute atomic E-state index is 0.698. The Balaban J connectivity index is 1.52. The number of aromatic amines is 1. The highest BCUT2D eigenvalue weighted by molar-refractivity contribution is 6.08. The average Bonchev–Trinajstić information content (AvgIpc) is 3.56. The molecule has 0 amide bonds. The molecule has 1 fully saturated rings. The van der Waals surface area contributed by atoms with E-state index in [4.69, 9.17) is 19.4 Å². The second-order valence-corrected chi connectivity index (χ2v) is 8.21. The van der Waals surface area contributed by atoms with Crippen molar-refractivity contribution >= 4 is 27.9 Å². The third-order valence-corrected chi connectivity index (χ3v) is 6.25. The van der Waals surface area contributed by atoms with Gasteiger partial charge in [0.1, 0.15) is 11.0 Å². The molecule has 0 unspecified atom stereocenters. The van der Waals surface area contributed by atoms with Crippen LogP contribution in [0.1, 0.15) is 0 Å². The van der Waals surface area contributed by atoms with Gasteiger partial charge in [-0.1, -0.05) is 18.2 Å². The van der Waals surface area contributed by atoms with Crippen LogP contribution in [0.5, 0.6) is 11.5 Å². The third kappa shape index (κ3) is 3.41. The predicted molar refractivity (Wildman–Crippen MR) is 132 cm³/mol. The van der Waals surface area contributed by atoms with Crippen LogP contribution < -0.4 is 19.7 Å². The highest BCUT2D eigenvalue weighted by Crippen LogP contribution is 2.35. The number of benzene rings is 2. The highest BCUT2D eigenvalue weighted by Gasteiger charge is 2.20. The quantitative estimate of drug-likeness (QED) is 0.420. The molecular formula is C25H25N7O2. The number of H-pyrrole nitrogens is 1. The molecule has 0 saturated carbocycles. The highest BCUT2D eigenvalue weighted by atomic mass is 16.5. The van der Waals surface area contributed by atoms with Gasteiger partial charge in [-0.3, -0.25) is 0 Å². The van der Waals surface area contributed by atoms with Crippen LogP contribution in [0, 0.1) is 0 Å². The topological polar surface area (TPSA) is 93.1 Å². The fourth-order valence-corrected chi connectivity index (χ4v) is 4.50. The van der Waals surface area contributed by atoms with Gasteiger partial charge >= 0.3 is 0 Å². The number of piperazine rings is 1. The van der Waals surface area contributed by atoms with Crippen molar-refractivity contribution in [1.82, 2.24) is 30.0 Å². The summed E-state index contributed by atoms with van der Waals surface area (Å²) in [6.45, 7) is 3.58. The van der Waals surface area contributed by atoms with Gasteiger partial charge in [0.25, 0.3) is 0 Å². The van der Waals surface area contributed by atoms with Gasteiger partial charge in [-0.2, -0.15) is 10.1 Å². The van der Waals surface area contributed by atoms with E-state index in [1.807, 2.05) is 30.5 Å². The average molecular weight is 456 g/mol. The van der Waals surface area contributed by atoms with E-state index >= 15 is 0 Å². The van der Waals surface area contributed by atoms with Crippen LogP contribution in [0.4, 0.5) is 5.95 Å². The minimum Gasteiger partial charge on any atom is -0.493 e. The number of fused-ring (bicyclic) bond motifs is 3. The molecule has 9 nitrogen and oxygen atoms in total. The van der Waals surface area contributed by atoms with E-state index in [1.165, 1.54) is 0 Å². The number of nitrogens with one attached hydrogen (secondary N) is 2. The molecule has 9 heteroatoms. The van der Waals surface area contributed by atoms with Crippen LogP contribution in [0.3, 0.4) is 0 Å². The Bertz CT molecular complexity index is 1470. The molecule has 3 aromatic heterocycles. The molecular weight excluding hydrogens is 430 g/mol. The first-order chi connectivity index (χ1) is 16.7. The van der Waals surface area contributed by atoms with Crippen molar-refractivity contribution < 1.29 is 9.47 Å². The van der Waals surface area contributed by atoms with E-state index in [0.29, 0.717) is 11.5 Å². The van der Waals surface area contributed by atoms with E-state index < -0.39 is 0 Å². The summed E-state index contributed by atoms with van der Waals surface area (Å²) in [7, 11) is 3.29. The van der Waals surface area contributed by atoms with Crippen molar-refractivity contribution in [1.29, 1.82) is 0 Å². The zero-order valence-electron chi connectivity index (χ0n) is 19.1. The monoisotopic (exact) mass is 455 g/mol. The molecule has 0 aliphatic carbocycles. The zero-order valence-corrected chi connectivity index (χ0v) is 19.1. The van der Waals surface area contributed by atoms with Crippen LogP contribution in [0.2, 0.25) is 0 Å². The number of rotatable bonds is 5. The zero-order chi connectivity index (χ0) is 23.1. The lowest BCUT2D eigenvalue weighted by Crippen LogP contribution is -2.44. The van der Waals surface area contributed by atoms with Crippen LogP contribution in [0.15, 0.2) is 54.9 Å². The van der Waals surface area contributed by atoms with Crippen LogP contribution >= 0.6 is 0 Å². The molecule has 172 valence electrons. The summed E-state index contributed by atoms with van der Waals surface area (Å²) in [5.41, 5.74) is 4.85. The molecule has 6 rings (SSSR count). The van der Waals surface area contributed by atoms with Crippen molar-refractivity contribution in [3.05, 3.63) is 54.9 Å². The Hall–Kier alpha value is -4.11. The Morgan fingerprint density at radius 3 is 2.47 bits per heavy atom. The fourth-order valence-electron chi connectivity index (χ4n) is 4.50. The fraction of sp³-hybridized carbons (Fsp3) is 0.240. The predicted octanol–water partition coefficient (Wildman–Crippen LogP) is 3.39. The lowest BCUT2D eigenvalue weighted by atomic mass is 10.0. The van der Waals surface area contributed by atoms with Crippen molar-refractivity contribution in [3.8, 4) is 28.4 Å². The minimum atomic E-state index is 0.698. The summed E-state index contributed by atoms with van der Waals surface area (Å²) < 4.78 is 12.7. The van der Waals surface area contributed by atoms with Crippen LogP contribution in [0.25, 0.3) is 38.9 Å². The molecule has 4 heterocycles. The van der Waals surface area contributed by atoms with E-state index in [0.717, 1.165) is 71.0 Å². The van der Waals surface area contributed by atoms with Gasteiger partial charge in [0.2, 0.25) is 5.95 Å². The van der Waals surface area contributed by atoms with Crippen LogP contribution in [-0.4, -0.2) is 65.1 Å². The number of aromatic nitrogens is 5. The first-order valence-electron chi connectivity index (χ1n) is 11.3. The van der Waals surface area contributed by atoms with Gasteiger partial charge in [-0.05, 0) is 35.4 Å². The van der Waals surface area contributed by atoms with E-state index in [-0.39, 0.29) is 0 Å². The summed E-state index contributed by atoms with van der Waals surface area (Å²) in [4.78, 5) is 15.7. The first kappa shape index (κ1) is 20.5. The summed E-state index contributed by atoms with van der Waals surface area (Å²) in [6.07, 6.45) is 3.67. The normalized spacial score (nSPS) is 14.1. The van der Waals surface area contributed by atoms with Gasteiger partial charge in [-0.15, -0.1) is 0 Å². The third-order valence-electron chi connectivity index (χ3n) is 6.25. The molecule has 2 N–H and O–H groups in total. The number of methoxy groups -OCH3 is 2. The maximum atomic E-state index is 5.49. The maximum absolute atomic E-state index is 5.49. The first-order valence-corrected chi connectivity index (χ1v) is 11.3. The molecule has 2 aromatic carbocycles. The second-order valence-electron chi connectivity index (χ2n) is 8.21. The van der Waals surface area contributed by atoms with Crippen molar-refractivity contribution in [2.45, 2.75) is 0 Å². The molecule has 1 aliphatic heterocycles. The number of anilines is 1. The van der Waals surface area contributed by atoms with E-state index in [1.54, 1.807) is 25.1 Å². The maximum Gasteiger partial charge on any atom is 0.228 e. The smallest absolute Gasteiger partial charge is 0.228 e. The number of nitrogens with zero attached hydrogens (tertiary/aromatic N) is 5. The summed E-state index contributed by atoms with van der Waals surface area (Å²) in [5, 5.41) is 8.88. The van der Waals surface area contributed by atoms with E-state index in [9.17, 15) is 0 Å². The van der Waals surface area contributed by atoms with Gasteiger partial charge in [0.05, 0.1) is 14.2 Å². The molecule has 5 aromatic rings. The van der Waals surface area contributed by atoms with Gasteiger partial charge in [0.15, 0.2) is 17.3 Å². The van der Waals surface area contributed by atoms with Gasteiger partial charge in [0, 0.05) is 49.5 Å². The van der Waals surface area contributed by atoms with Crippen LogP contribution in [-0.2, 0) is 0 Å². The van der Waals surface area contributed by atoms with E-state index in [2.05, 4.69) is 38.5 Å². The van der Waals surface area contributed by atoms with Crippen molar-refractivity contribution in [2.24, 2.45) is 0 Å². The summed E-state index contributed by atoms with van der Waals surface area (Å²) in [5.74, 6) is 2.87. The molecule has 0 spiro atoms. The number of ether oxygens (including phenoxy) is 2.